The minimum atomic E-state index is -0.593. The molecule has 0 aliphatic carbocycles. The molecule has 6 nitrogen and oxygen atoms in total. The summed E-state index contributed by atoms with van der Waals surface area (Å²) in [5.41, 5.74) is 0.435. The molecule has 0 spiro atoms. The van der Waals surface area contributed by atoms with E-state index in [4.69, 9.17) is 9.84 Å². The van der Waals surface area contributed by atoms with Gasteiger partial charge in [-0.3, -0.25) is 4.79 Å². The topological polar surface area (TPSA) is 84.3 Å². The number of hydrogen-bond acceptors (Lipinski definition) is 5. The smallest absolute Gasteiger partial charge is 0.321 e. The van der Waals surface area contributed by atoms with Gasteiger partial charge < -0.3 is 15.2 Å². The highest BCUT2D eigenvalue weighted by atomic mass is 79.9. The average molecular weight is 352 g/mol. The Bertz CT molecular complexity index is 617. The number of carbonyl (C=O) groups is 1. The highest BCUT2D eigenvalue weighted by Crippen LogP contribution is 2.19. The Balaban J connectivity index is 2.06. The molecule has 0 fully saturated rings. The van der Waals surface area contributed by atoms with E-state index in [1.807, 2.05) is 0 Å². The van der Waals surface area contributed by atoms with E-state index in [0.29, 0.717) is 11.3 Å². The van der Waals surface area contributed by atoms with Gasteiger partial charge in [-0.2, -0.15) is 0 Å². The Hall–Kier alpha value is -1.99. The van der Waals surface area contributed by atoms with Crippen molar-refractivity contribution in [2.24, 2.45) is 0 Å². The van der Waals surface area contributed by atoms with Crippen LogP contribution in [0.3, 0.4) is 0 Å². The van der Waals surface area contributed by atoms with Crippen molar-refractivity contribution in [3.8, 4) is 11.8 Å². The van der Waals surface area contributed by atoms with Gasteiger partial charge in [0, 0.05) is 24.5 Å². The van der Waals surface area contributed by atoms with E-state index in [1.54, 1.807) is 43.6 Å². The lowest BCUT2D eigenvalue weighted by Gasteiger charge is -2.08. The van der Waals surface area contributed by atoms with Crippen molar-refractivity contribution in [1.29, 1.82) is 0 Å². The van der Waals surface area contributed by atoms with Crippen LogP contribution in [0.5, 0.6) is 11.8 Å². The van der Waals surface area contributed by atoms with Crippen molar-refractivity contribution in [3.05, 3.63) is 46.7 Å². The molecule has 1 aromatic carbocycles. The molecule has 1 heterocycles. The fourth-order valence-corrected chi connectivity index (χ4v) is 1.71. The molecule has 1 amide bonds. The maximum Gasteiger partial charge on any atom is 0.321 e. The summed E-state index contributed by atoms with van der Waals surface area (Å²) in [5, 5.41) is 11.8. The van der Waals surface area contributed by atoms with Crippen LogP contribution in [0.4, 0.5) is 0 Å². The van der Waals surface area contributed by atoms with E-state index in [-0.39, 0.29) is 18.5 Å². The number of nitrogens with one attached hydrogen (secondary N) is 1. The van der Waals surface area contributed by atoms with Gasteiger partial charge >= 0.3 is 6.01 Å². The molecule has 7 heteroatoms. The summed E-state index contributed by atoms with van der Waals surface area (Å²) in [6, 6.07) is 6.84. The molecular formula is C14H14BrN3O3. The molecule has 2 rings (SSSR count). The fourth-order valence-electron chi connectivity index (χ4n) is 1.50. The molecule has 0 bridgehead atoms. The van der Waals surface area contributed by atoms with Gasteiger partial charge in [0.1, 0.15) is 5.75 Å². The molecule has 0 aliphatic rings. The highest BCUT2D eigenvalue weighted by molar-refractivity contribution is 9.10. The summed E-state index contributed by atoms with van der Waals surface area (Å²) >= 11 is 3.24. The number of halogens is 1. The summed E-state index contributed by atoms with van der Waals surface area (Å²) in [6.07, 6.45) is 2.55. The Morgan fingerprint density at radius 1 is 1.43 bits per heavy atom. The molecule has 0 saturated carbocycles. The van der Waals surface area contributed by atoms with Gasteiger partial charge in [0.05, 0.1) is 10.6 Å². The number of aromatic nitrogens is 2. The number of rotatable bonds is 5. The quantitative estimate of drug-likeness (QED) is 0.861. The number of carbonyl (C=O) groups excluding carboxylic acids is 1. The molecule has 21 heavy (non-hydrogen) atoms. The molecular weight excluding hydrogens is 338 g/mol. The summed E-state index contributed by atoms with van der Waals surface area (Å²) in [5.74, 6) is 0.181. The summed E-state index contributed by atoms with van der Waals surface area (Å²) in [6.45, 7) is 1.80. The van der Waals surface area contributed by atoms with Crippen molar-refractivity contribution >= 4 is 21.8 Å². The summed E-state index contributed by atoms with van der Waals surface area (Å²) < 4.78 is 6.23. The molecule has 1 atom stereocenters. The van der Waals surface area contributed by atoms with Gasteiger partial charge in [-0.25, -0.2) is 9.97 Å². The Morgan fingerprint density at radius 2 is 2.14 bits per heavy atom. The van der Waals surface area contributed by atoms with Crippen molar-refractivity contribution < 1.29 is 14.6 Å². The van der Waals surface area contributed by atoms with Crippen LogP contribution in [0.2, 0.25) is 0 Å². The lowest BCUT2D eigenvalue weighted by atomic mass is 10.2. The fraction of sp³-hybridized carbons (Fsp3) is 0.214. The van der Waals surface area contributed by atoms with E-state index >= 15 is 0 Å². The molecule has 0 aliphatic heterocycles. The zero-order valence-electron chi connectivity index (χ0n) is 11.3. The Kier molecular flexibility index (Phi) is 5.24. The highest BCUT2D eigenvalue weighted by Gasteiger charge is 2.08. The monoisotopic (exact) mass is 351 g/mol. The number of hydrogen-bond donors (Lipinski definition) is 2. The van der Waals surface area contributed by atoms with Crippen LogP contribution in [0.25, 0.3) is 0 Å². The molecule has 2 N–H and O–H groups in total. The van der Waals surface area contributed by atoms with E-state index < -0.39 is 6.10 Å². The first-order valence-electron chi connectivity index (χ1n) is 6.26. The molecule has 1 unspecified atom stereocenters. The van der Waals surface area contributed by atoms with Crippen LogP contribution in [0.1, 0.15) is 17.3 Å². The van der Waals surface area contributed by atoms with E-state index in [2.05, 4.69) is 31.2 Å². The predicted molar refractivity (Wildman–Crippen MR) is 80.3 cm³/mol. The lowest BCUT2D eigenvalue weighted by Crippen LogP contribution is -2.30. The third kappa shape index (κ3) is 4.80. The minimum absolute atomic E-state index is 0.194. The number of benzene rings is 1. The summed E-state index contributed by atoms with van der Waals surface area (Å²) in [7, 11) is 0. The standard InChI is InChI=1S/C14H14BrN3O3/c1-9(19)6-16-13(20)10-3-2-4-12(5-10)21-14-17-7-11(15)8-18-14/h2-5,7-9,19H,6H2,1H3,(H,16,20). The zero-order valence-corrected chi connectivity index (χ0v) is 12.9. The number of amides is 1. The lowest BCUT2D eigenvalue weighted by molar-refractivity contribution is 0.0923. The largest absolute Gasteiger partial charge is 0.424 e. The minimum Gasteiger partial charge on any atom is -0.424 e. The normalized spacial score (nSPS) is 11.8. The second-order valence-electron chi connectivity index (χ2n) is 4.37. The van der Waals surface area contributed by atoms with Gasteiger partial charge in [0.2, 0.25) is 0 Å². The molecule has 1 aromatic heterocycles. The van der Waals surface area contributed by atoms with Gasteiger partial charge in [-0.1, -0.05) is 6.07 Å². The van der Waals surface area contributed by atoms with Crippen LogP contribution >= 0.6 is 15.9 Å². The maximum atomic E-state index is 11.9. The third-order valence-corrected chi connectivity index (χ3v) is 2.87. The molecule has 2 aromatic rings. The van der Waals surface area contributed by atoms with Gasteiger partial charge in [0.15, 0.2) is 0 Å². The Morgan fingerprint density at radius 3 is 2.81 bits per heavy atom. The van der Waals surface area contributed by atoms with Crippen molar-refractivity contribution in [2.45, 2.75) is 13.0 Å². The van der Waals surface area contributed by atoms with Crippen molar-refractivity contribution in [1.82, 2.24) is 15.3 Å². The average Bonchev–Trinajstić information content (AvgIpc) is 2.47. The third-order valence-electron chi connectivity index (χ3n) is 2.46. The van der Waals surface area contributed by atoms with Crippen LogP contribution in [0, 0.1) is 0 Å². The van der Waals surface area contributed by atoms with Crippen molar-refractivity contribution in [3.63, 3.8) is 0 Å². The van der Waals surface area contributed by atoms with Crippen molar-refractivity contribution in [2.75, 3.05) is 6.54 Å². The molecule has 0 saturated heterocycles. The number of ether oxygens (including phenoxy) is 1. The van der Waals surface area contributed by atoms with Crippen LogP contribution in [-0.2, 0) is 0 Å². The van der Waals surface area contributed by atoms with Crippen LogP contribution in [-0.4, -0.2) is 33.6 Å². The van der Waals surface area contributed by atoms with E-state index in [1.165, 1.54) is 0 Å². The van der Waals surface area contributed by atoms with Gasteiger partial charge in [-0.05, 0) is 41.1 Å². The number of aliphatic hydroxyl groups excluding tert-OH is 1. The van der Waals surface area contributed by atoms with Crippen LogP contribution < -0.4 is 10.1 Å². The van der Waals surface area contributed by atoms with Crippen LogP contribution in [0.15, 0.2) is 41.1 Å². The first-order valence-corrected chi connectivity index (χ1v) is 7.05. The zero-order chi connectivity index (χ0) is 15.2. The van der Waals surface area contributed by atoms with Gasteiger partial charge in [-0.15, -0.1) is 0 Å². The molecule has 0 radical (unpaired) electrons. The SMILES string of the molecule is CC(O)CNC(=O)c1cccc(Oc2ncc(Br)cn2)c1. The second kappa shape index (κ2) is 7.14. The Labute approximate surface area is 130 Å². The number of nitrogens with zero attached hydrogens (tertiary/aromatic N) is 2. The molecule has 110 valence electrons. The summed E-state index contributed by atoms with van der Waals surface area (Å²) in [4.78, 5) is 19.9. The first kappa shape index (κ1) is 15.4. The second-order valence-corrected chi connectivity index (χ2v) is 5.29. The predicted octanol–water partition coefficient (Wildman–Crippen LogP) is 2.14. The first-order chi connectivity index (χ1) is 10.0. The van der Waals surface area contributed by atoms with Gasteiger partial charge in [0.25, 0.3) is 5.91 Å². The van der Waals surface area contributed by atoms with E-state index in [0.717, 1.165) is 4.47 Å². The van der Waals surface area contributed by atoms with E-state index in [9.17, 15) is 4.79 Å². The number of aliphatic hydroxyl groups is 1. The maximum absolute atomic E-state index is 11.9.